The van der Waals surface area contributed by atoms with Gasteiger partial charge in [-0.15, -0.1) is 0 Å². The molecule has 0 fully saturated rings. The van der Waals surface area contributed by atoms with Crippen molar-refractivity contribution in [2.24, 2.45) is 0 Å². The molecular weight excluding hydrogens is 246 g/mol. The molecular formula is C18H21NO. The molecule has 2 rings (SSSR count). The van der Waals surface area contributed by atoms with Crippen molar-refractivity contribution < 1.29 is 4.79 Å². The first-order valence-corrected chi connectivity index (χ1v) is 7.25. The number of amides is 1. The van der Waals surface area contributed by atoms with E-state index in [9.17, 15) is 4.79 Å². The van der Waals surface area contributed by atoms with E-state index in [0.717, 1.165) is 37.1 Å². The van der Waals surface area contributed by atoms with Gasteiger partial charge in [0.15, 0.2) is 0 Å². The lowest BCUT2D eigenvalue weighted by molar-refractivity contribution is 0.0986. The van der Waals surface area contributed by atoms with Gasteiger partial charge in [0.1, 0.15) is 0 Å². The standard InChI is InChI=1S/C18H21NO/c1-2-3-10-15-19(17-13-8-5-9-14-17)18(20)16-11-6-4-7-12-16/h4-9,11-14H,2-3,10,15H2,1H3. The minimum Gasteiger partial charge on any atom is -0.308 e. The Morgan fingerprint density at radius 2 is 1.50 bits per heavy atom. The van der Waals surface area contributed by atoms with E-state index in [1.807, 2.05) is 65.6 Å². The van der Waals surface area contributed by atoms with Crippen molar-refractivity contribution in [1.29, 1.82) is 0 Å². The van der Waals surface area contributed by atoms with E-state index >= 15 is 0 Å². The lowest BCUT2D eigenvalue weighted by Crippen LogP contribution is -2.31. The molecule has 0 aliphatic rings. The monoisotopic (exact) mass is 267 g/mol. The Hall–Kier alpha value is -2.09. The summed E-state index contributed by atoms with van der Waals surface area (Å²) in [7, 11) is 0. The number of carbonyl (C=O) groups is 1. The lowest BCUT2D eigenvalue weighted by Gasteiger charge is -2.23. The summed E-state index contributed by atoms with van der Waals surface area (Å²) in [6.45, 7) is 2.94. The van der Waals surface area contributed by atoms with Crippen LogP contribution in [0.5, 0.6) is 0 Å². The normalized spacial score (nSPS) is 10.2. The van der Waals surface area contributed by atoms with Crippen molar-refractivity contribution in [3.63, 3.8) is 0 Å². The number of carbonyl (C=O) groups excluding carboxylic acids is 1. The van der Waals surface area contributed by atoms with Gasteiger partial charge in [0.2, 0.25) is 0 Å². The average molecular weight is 267 g/mol. The van der Waals surface area contributed by atoms with Crippen LogP contribution in [-0.4, -0.2) is 12.5 Å². The number of unbranched alkanes of at least 4 members (excludes halogenated alkanes) is 2. The Morgan fingerprint density at radius 1 is 0.900 bits per heavy atom. The molecule has 0 N–H and O–H groups in total. The molecule has 0 spiro atoms. The second kappa shape index (κ2) is 7.49. The molecule has 0 saturated carbocycles. The highest BCUT2D eigenvalue weighted by Gasteiger charge is 2.16. The molecule has 0 aromatic heterocycles. The second-order valence-corrected chi connectivity index (χ2v) is 4.87. The summed E-state index contributed by atoms with van der Waals surface area (Å²) in [5, 5.41) is 0. The van der Waals surface area contributed by atoms with Crippen LogP contribution in [-0.2, 0) is 0 Å². The van der Waals surface area contributed by atoms with Crippen molar-refractivity contribution in [3.8, 4) is 0 Å². The molecule has 0 heterocycles. The summed E-state index contributed by atoms with van der Waals surface area (Å²) >= 11 is 0. The summed E-state index contributed by atoms with van der Waals surface area (Å²) < 4.78 is 0. The molecule has 2 aromatic carbocycles. The molecule has 0 aliphatic heterocycles. The minimum atomic E-state index is 0.0768. The summed E-state index contributed by atoms with van der Waals surface area (Å²) in [6.07, 6.45) is 3.33. The van der Waals surface area contributed by atoms with Gasteiger partial charge in [-0.3, -0.25) is 4.79 Å². The van der Waals surface area contributed by atoms with Crippen LogP contribution in [0, 0.1) is 0 Å². The number of hydrogen-bond acceptors (Lipinski definition) is 1. The lowest BCUT2D eigenvalue weighted by atomic mass is 10.1. The van der Waals surface area contributed by atoms with Crippen LogP contribution in [0.3, 0.4) is 0 Å². The smallest absolute Gasteiger partial charge is 0.258 e. The molecule has 20 heavy (non-hydrogen) atoms. The fourth-order valence-electron chi connectivity index (χ4n) is 2.21. The van der Waals surface area contributed by atoms with Gasteiger partial charge in [-0.25, -0.2) is 0 Å². The third-order valence-electron chi connectivity index (χ3n) is 3.32. The maximum Gasteiger partial charge on any atom is 0.258 e. The van der Waals surface area contributed by atoms with Gasteiger partial charge >= 0.3 is 0 Å². The van der Waals surface area contributed by atoms with E-state index in [1.54, 1.807) is 0 Å². The van der Waals surface area contributed by atoms with Crippen LogP contribution in [0.1, 0.15) is 36.5 Å². The fraction of sp³-hybridized carbons (Fsp3) is 0.278. The number of hydrogen-bond donors (Lipinski definition) is 0. The van der Waals surface area contributed by atoms with Crippen LogP contribution in [0.15, 0.2) is 60.7 Å². The molecule has 0 bridgehead atoms. The molecule has 0 saturated heterocycles. The minimum absolute atomic E-state index is 0.0768. The maximum absolute atomic E-state index is 12.7. The van der Waals surface area contributed by atoms with Gasteiger partial charge in [-0.05, 0) is 30.7 Å². The van der Waals surface area contributed by atoms with Crippen molar-refractivity contribution in [2.45, 2.75) is 26.2 Å². The molecule has 0 unspecified atom stereocenters. The van der Waals surface area contributed by atoms with E-state index in [0.29, 0.717) is 0 Å². The number of nitrogens with zero attached hydrogens (tertiary/aromatic N) is 1. The predicted octanol–water partition coefficient (Wildman–Crippen LogP) is 4.52. The van der Waals surface area contributed by atoms with Crippen molar-refractivity contribution in [3.05, 3.63) is 66.2 Å². The van der Waals surface area contributed by atoms with Crippen LogP contribution in [0.2, 0.25) is 0 Å². The zero-order valence-electron chi connectivity index (χ0n) is 12.0. The van der Waals surface area contributed by atoms with E-state index in [-0.39, 0.29) is 5.91 Å². The molecule has 2 aromatic rings. The summed E-state index contributed by atoms with van der Waals surface area (Å²) in [6, 6.07) is 19.4. The van der Waals surface area contributed by atoms with E-state index in [2.05, 4.69) is 6.92 Å². The Labute approximate surface area is 121 Å². The van der Waals surface area contributed by atoms with E-state index in [1.165, 1.54) is 0 Å². The number of para-hydroxylation sites is 1. The number of anilines is 1. The third kappa shape index (κ3) is 3.70. The number of benzene rings is 2. The molecule has 2 heteroatoms. The Kier molecular flexibility index (Phi) is 5.36. The highest BCUT2D eigenvalue weighted by molar-refractivity contribution is 6.06. The topological polar surface area (TPSA) is 20.3 Å². The Balaban J connectivity index is 2.20. The first-order valence-electron chi connectivity index (χ1n) is 7.25. The molecule has 2 nitrogen and oxygen atoms in total. The van der Waals surface area contributed by atoms with Gasteiger partial charge in [-0.2, -0.15) is 0 Å². The van der Waals surface area contributed by atoms with Gasteiger partial charge in [0, 0.05) is 17.8 Å². The van der Waals surface area contributed by atoms with Crippen molar-refractivity contribution in [2.75, 3.05) is 11.4 Å². The maximum atomic E-state index is 12.7. The first kappa shape index (κ1) is 14.3. The van der Waals surface area contributed by atoms with Gasteiger partial charge in [0.05, 0.1) is 0 Å². The van der Waals surface area contributed by atoms with Gasteiger partial charge in [-0.1, -0.05) is 56.2 Å². The molecule has 1 amide bonds. The van der Waals surface area contributed by atoms with E-state index in [4.69, 9.17) is 0 Å². The first-order chi connectivity index (χ1) is 9.83. The largest absolute Gasteiger partial charge is 0.308 e. The van der Waals surface area contributed by atoms with Gasteiger partial charge in [0.25, 0.3) is 5.91 Å². The zero-order chi connectivity index (χ0) is 14.2. The summed E-state index contributed by atoms with van der Waals surface area (Å²) in [4.78, 5) is 14.5. The predicted molar refractivity (Wildman–Crippen MR) is 84.1 cm³/mol. The molecule has 104 valence electrons. The second-order valence-electron chi connectivity index (χ2n) is 4.87. The average Bonchev–Trinajstić information content (AvgIpc) is 2.53. The van der Waals surface area contributed by atoms with Crippen molar-refractivity contribution >= 4 is 11.6 Å². The highest BCUT2D eigenvalue weighted by Crippen LogP contribution is 2.17. The molecule has 0 aliphatic carbocycles. The van der Waals surface area contributed by atoms with E-state index < -0.39 is 0 Å². The highest BCUT2D eigenvalue weighted by atomic mass is 16.2. The SMILES string of the molecule is CCCCCN(C(=O)c1ccccc1)c1ccccc1. The summed E-state index contributed by atoms with van der Waals surface area (Å²) in [5.74, 6) is 0.0768. The summed E-state index contributed by atoms with van der Waals surface area (Å²) in [5.41, 5.74) is 1.71. The Bertz CT molecular complexity index is 522. The van der Waals surface area contributed by atoms with Gasteiger partial charge < -0.3 is 4.90 Å². The van der Waals surface area contributed by atoms with Crippen LogP contribution in [0.4, 0.5) is 5.69 Å². The third-order valence-corrected chi connectivity index (χ3v) is 3.32. The van der Waals surface area contributed by atoms with Crippen molar-refractivity contribution in [1.82, 2.24) is 0 Å². The van der Waals surface area contributed by atoms with Crippen LogP contribution >= 0.6 is 0 Å². The zero-order valence-corrected chi connectivity index (χ0v) is 12.0. The number of rotatable bonds is 6. The Morgan fingerprint density at radius 3 is 2.10 bits per heavy atom. The molecule has 0 radical (unpaired) electrons. The quantitative estimate of drug-likeness (QED) is 0.704. The van der Waals surface area contributed by atoms with Crippen LogP contribution < -0.4 is 4.90 Å². The molecule has 0 atom stereocenters. The van der Waals surface area contributed by atoms with Crippen LogP contribution in [0.25, 0.3) is 0 Å². The fourth-order valence-corrected chi connectivity index (χ4v) is 2.21.